The highest BCUT2D eigenvalue weighted by molar-refractivity contribution is 5.53. The van der Waals surface area contributed by atoms with Crippen molar-refractivity contribution in [3.8, 4) is 0 Å². The second-order valence-corrected chi connectivity index (χ2v) is 5.70. The molecule has 1 aliphatic rings. The first-order chi connectivity index (χ1) is 9.31. The Bertz CT molecular complexity index is 367. The van der Waals surface area contributed by atoms with E-state index in [9.17, 15) is 0 Å². The standard InChI is InChI=1S/C17H28N2/c1-3-18-14(2)16-12-8-9-13-17(16)19-15-10-6-4-5-7-11-15/h8-9,12-15,18-19H,3-7,10-11H2,1-2H3. The number of benzene rings is 1. The van der Waals surface area contributed by atoms with Gasteiger partial charge in [0.2, 0.25) is 0 Å². The predicted octanol–water partition coefficient (Wildman–Crippen LogP) is 4.49. The summed E-state index contributed by atoms with van der Waals surface area (Å²) in [5.41, 5.74) is 2.72. The van der Waals surface area contributed by atoms with E-state index in [0.717, 1.165) is 6.54 Å². The summed E-state index contributed by atoms with van der Waals surface area (Å²) in [5, 5.41) is 7.30. The molecule has 2 nitrogen and oxygen atoms in total. The van der Waals surface area contributed by atoms with Gasteiger partial charge in [0.1, 0.15) is 0 Å². The molecule has 1 aromatic carbocycles. The van der Waals surface area contributed by atoms with Crippen molar-refractivity contribution in [2.45, 2.75) is 64.5 Å². The summed E-state index contributed by atoms with van der Waals surface area (Å²) in [7, 11) is 0. The van der Waals surface area contributed by atoms with Gasteiger partial charge in [-0.1, -0.05) is 50.8 Å². The molecule has 0 spiro atoms. The van der Waals surface area contributed by atoms with Crippen LogP contribution in [-0.2, 0) is 0 Å². The zero-order valence-electron chi connectivity index (χ0n) is 12.4. The van der Waals surface area contributed by atoms with Crippen molar-refractivity contribution in [1.29, 1.82) is 0 Å². The molecule has 2 N–H and O–H groups in total. The zero-order valence-corrected chi connectivity index (χ0v) is 12.4. The van der Waals surface area contributed by atoms with Crippen LogP contribution in [0.4, 0.5) is 5.69 Å². The van der Waals surface area contributed by atoms with Crippen LogP contribution in [0.2, 0.25) is 0 Å². The second-order valence-electron chi connectivity index (χ2n) is 5.70. The molecule has 106 valence electrons. The van der Waals surface area contributed by atoms with Crippen molar-refractivity contribution in [2.75, 3.05) is 11.9 Å². The summed E-state index contributed by atoms with van der Waals surface area (Å²) in [4.78, 5) is 0. The number of rotatable bonds is 5. The molecule has 1 aliphatic carbocycles. The lowest BCUT2D eigenvalue weighted by atomic mass is 10.0. The lowest BCUT2D eigenvalue weighted by Crippen LogP contribution is -2.23. The van der Waals surface area contributed by atoms with Gasteiger partial charge in [-0.3, -0.25) is 0 Å². The van der Waals surface area contributed by atoms with Gasteiger partial charge in [-0.05, 0) is 37.9 Å². The summed E-state index contributed by atoms with van der Waals surface area (Å²) in [6.07, 6.45) is 8.22. The van der Waals surface area contributed by atoms with E-state index in [2.05, 4.69) is 48.7 Å². The van der Waals surface area contributed by atoms with Gasteiger partial charge in [-0.15, -0.1) is 0 Å². The molecule has 0 heterocycles. The number of hydrogen-bond donors (Lipinski definition) is 2. The fourth-order valence-electron chi connectivity index (χ4n) is 3.07. The van der Waals surface area contributed by atoms with Crippen LogP contribution in [-0.4, -0.2) is 12.6 Å². The maximum absolute atomic E-state index is 3.79. The molecule has 0 aromatic heterocycles. The molecule has 1 unspecified atom stereocenters. The number of hydrogen-bond acceptors (Lipinski definition) is 2. The molecule has 0 aliphatic heterocycles. The van der Waals surface area contributed by atoms with Crippen molar-refractivity contribution in [2.24, 2.45) is 0 Å². The minimum atomic E-state index is 0.416. The maximum Gasteiger partial charge on any atom is 0.0390 e. The van der Waals surface area contributed by atoms with Crippen molar-refractivity contribution < 1.29 is 0 Å². The summed E-state index contributed by atoms with van der Waals surface area (Å²) < 4.78 is 0. The third-order valence-corrected chi connectivity index (χ3v) is 4.15. The van der Waals surface area contributed by atoms with Crippen molar-refractivity contribution >= 4 is 5.69 Å². The highest BCUT2D eigenvalue weighted by Gasteiger charge is 2.15. The Morgan fingerprint density at radius 3 is 2.47 bits per heavy atom. The third-order valence-electron chi connectivity index (χ3n) is 4.15. The molecular formula is C17H28N2. The van der Waals surface area contributed by atoms with E-state index in [1.807, 2.05) is 0 Å². The Kier molecular flexibility index (Phi) is 5.71. The topological polar surface area (TPSA) is 24.1 Å². The van der Waals surface area contributed by atoms with Gasteiger partial charge in [-0.2, -0.15) is 0 Å². The Hall–Kier alpha value is -1.02. The molecular weight excluding hydrogens is 232 g/mol. The summed E-state index contributed by atoms with van der Waals surface area (Å²) in [6.45, 7) is 5.42. The average Bonchev–Trinajstić information content (AvgIpc) is 2.68. The van der Waals surface area contributed by atoms with Gasteiger partial charge < -0.3 is 10.6 Å². The van der Waals surface area contributed by atoms with Crippen molar-refractivity contribution in [3.05, 3.63) is 29.8 Å². The summed E-state index contributed by atoms with van der Waals surface area (Å²) in [6, 6.07) is 9.83. The number of para-hydroxylation sites is 1. The number of anilines is 1. The fourth-order valence-corrected chi connectivity index (χ4v) is 3.07. The first-order valence-corrected chi connectivity index (χ1v) is 7.90. The second kappa shape index (κ2) is 7.54. The molecule has 1 saturated carbocycles. The van der Waals surface area contributed by atoms with Crippen molar-refractivity contribution in [3.63, 3.8) is 0 Å². The van der Waals surface area contributed by atoms with Gasteiger partial charge in [0, 0.05) is 17.8 Å². The van der Waals surface area contributed by atoms with Crippen LogP contribution in [0.15, 0.2) is 24.3 Å². The monoisotopic (exact) mass is 260 g/mol. The highest BCUT2D eigenvalue weighted by Crippen LogP contribution is 2.26. The zero-order chi connectivity index (χ0) is 13.5. The molecule has 0 bridgehead atoms. The minimum absolute atomic E-state index is 0.416. The van der Waals surface area contributed by atoms with E-state index in [-0.39, 0.29) is 0 Å². The van der Waals surface area contributed by atoms with Crippen LogP contribution in [0.1, 0.15) is 64.0 Å². The molecule has 2 rings (SSSR count). The largest absolute Gasteiger partial charge is 0.382 e. The molecule has 0 saturated heterocycles. The Morgan fingerprint density at radius 2 is 1.79 bits per heavy atom. The van der Waals surface area contributed by atoms with Gasteiger partial charge >= 0.3 is 0 Å². The van der Waals surface area contributed by atoms with Crippen LogP contribution in [0, 0.1) is 0 Å². The van der Waals surface area contributed by atoms with Crippen LogP contribution < -0.4 is 10.6 Å². The minimum Gasteiger partial charge on any atom is -0.382 e. The van der Waals surface area contributed by atoms with Crippen LogP contribution in [0.5, 0.6) is 0 Å². The van der Waals surface area contributed by atoms with E-state index < -0.39 is 0 Å². The van der Waals surface area contributed by atoms with E-state index >= 15 is 0 Å². The van der Waals surface area contributed by atoms with E-state index in [0.29, 0.717) is 12.1 Å². The molecule has 19 heavy (non-hydrogen) atoms. The molecule has 0 radical (unpaired) electrons. The van der Waals surface area contributed by atoms with Gasteiger partial charge in [-0.25, -0.2) is 0 Å². The maximum atomic E-state index is 3.79. The molecule has 1 atom stereocenters. The Labute approximate surface area is 118 Å². The molecule has 0 amide bonds. The number of nitrogens with one attached hydrogen (secondary N) is 2. The van der Waals surface area contributed by atoms with Gasteiger partial charge in [0.15, 0.2) is 0 Å². The lowest BCUT2D eigenvalue weighted by Gasteiger charge is -2.23. The summed E-state index contributed by atoms with van der Waals surface area (Å²) >= 11 is 0. The Morgan fingerprint density at radius 1 is 1.11 bits per heavy atom. The quantitative estimate of drug-likeness (QED) is 0.762. The smallest absolute Gasteiger partial charge is 0.0390 e. The molecule has 1 aromatic rings. The van der Waals surface area contributed by atoms with Crippen molar-refractivity contribution in [1.82, 2.24) is 5.32 Å². The summed E-state index contributed by atoms with van der Waals surface area (Å²) in [5.74, 6) is 0. The van der Waals surface area contributed by atoms with E-state index in [4.69, 9.17) is 0 Å². The first kappa shape index (κ1) is 14.4. The first-order valence-electron chi connectivity index (χ1n) is 7.90. The fraction of sp³-hybridized carbons (Fsp3) is 0.647. The normalized spacial score (nSPS) is 18.8. The predicted molar refractivity (Wildman–Crippen MR) is 83.6 cm³/mol. The average molecular weight is 260 g/mol. The third kappa shape index (κ3) is 4.24. The van der Waals surface area contributed by atoms with Gasteiger partial charge in [0.25, 0.3) is 0 Å². The molecule has 1 fully saturated rings. The lowest BCUT2D eigenvalue weighted by molar-refractivity contribution is 0.591. The van der Waals surface area contributed by atoms with Gasteiger partial charge in [0.05, 0.1) is 0 Å². The SMILES string of the molecule is CCNC(C)c1ccccc1NC1CCCCCC1. The van der Waals surface area contributed by atoms with Crippen LogP contribution in [0.3, 0.4) is 0 Å². The highest BCUT2D eigenvalue weighted by atomic mass is 14.9. The Balaban J connectivity index is 2.06. The van der Waals surface area contributed by atoms with Crippen LogP contribution >= 0.6 is 0 Å². The van der Waals surface area contributed by atoms with E-state index in [1.165, 1.54) is 49.8 Å². The van der Waals surface area contributed by atoms with E-state index in [1.54, 1.807) is 0 Å². The molecule has 2 heteroatoms. The van der Waals surface area contributed by atoms with Crippen LogP contribution in [0.25, 0.3) is 0 Å².